The van der Waals surface area contributed by atoms with Crippen molar-refractivity contribution >= 4 is 58.8 Å². The van der Waals surface area contributed by atoms with Crippen molar-refractivity contribution < 1.29 is 9.47 Å². The summed E-state index contributed by atoms with van der Waals surface area (Å²) < 4.78 is 12.2. The zero-order chi connectivity index (χ0) is 19.6. The first-order valence-corrected chi connectivity index (χ1v) is 21.4. The van der Waals surface area contributed by atoms with E-state index < -0.39 is 17.6 Å². The second kappa shape index (κ2) is 20.0. The number of rotatable bonds is 19. The minimum absolute atomic E-state index is 0.560. The first kappa shape index (κ1) is 27.8. The van der Waals surface area contributed by atoms with Crippen molar-refractivity contribution in [3.8, 4) is 0 Å². The maximum Gasteiger partial charge on any atom is 0.0656 e. The Bertz CT molecular complexity index is 272. The van der Waals surface area contributed by atoms with E-state index in [-0.39, 0.29) is 0 Å². The van der Waals surface area contributed by atoms with Gasteiger partial charge in [-0.3, -0.25) is 0 Å². The standard InChI is InChI=1S/C18H42O2S4Si2/c1-7-9-13-19-17(25(3)4)11-15-21-23-24-22-16-12-18(26(5)6)20-14-10-8-2/h17-18,25-26H,7-16H2,1-6H3. The summed E-state index contributed by atoms with van der Waals surface area (Å²) in [4.78, 5) is 0. The highest BCUT2D eigenvalue weighted by molar-refractivity contribution is 9.26. The van der Waals surface area contributed by atoms with E-state index >= 15 is 0 Å². The van der Waals surface area contributed by atoms with Crippen LogP contribution in [-0.2, 0) is 9.47 Å². The molecule has 0 saturated carbocycles. The Morgan fingerprint density at radius 1 is 0.692 bits per heavy atom. The van der Waals surface area contributed by atoms with Gasteiger partial charge in [0, 0.05) is 36.2 Å². The van der Waals surface area contributed by atoms with Crippen LogP contribution in [0, 0.1) is 0 Å². The van der Waals surface area contributed by atoms with Gasteiger partial charge in [0.1, 0.15) is 0 Å². The number of ether oxygens (including phenoxy) is 2. The van der Waals surface area contributed by atoms with Crippen LogP contribution in [0.15, 0.2) is 0 Å². The van der Waals surface area contributed by atoms with Crippen LogP contribution in [0.2, 0.25) is 26.2 Å². The van der Waals surface area contributed by atoms with Gasteiger partial charge in [-0.15, -0.1) is 0 Å². The van der Waals surface area contributed by atoms with Crippen molar-refractivity contribution in [3.05, 3.63) is 0 Å². The maximum absolute atomic E-state index is 6.10. The Hall–Kier alpha value is 1.75. The van der Waals surface area contributed by atoms with Crippen molar-refractivity contribution in [2.45, 2.75) is 90.0 Å². The van der Waals surface area contributed by atoms with Gasteiger partial charge in [0.2, 0.25) is 0 Å². The first-order chi connectivity index (χ1) is 12.5. The predicted molar refractivity (Wildman–Crippen MR) is 136 cm³/mol. The second-order valence-corrected chi connectivity index (χ2v) is 20.1. The SMILES string of the molecule is CCCCOC(CCSSSSCCC(OCCCC)[SiH](C)C)[SiH](C)C. The Morgan fingerprint density at radius 2 is 1.08 bits per heavy atom. The highest BCUT2D eigenvalue weighted by Gasteiger charge is 2.16. The van der Waals surface area contributed by atoms with Crippen molar-refractivity contribution in [2.24, 2.45) is 0 Å². The third kappa shape index (κ3) is 16.7. The van der Waals surface area contributed by atoms with Crippen LogP contribution < -0.4 is 0 Å². The molecule has 158 valence electrons. The summed E-state index contributed by atoms with van der Waals surface area (Å²) in [6.45, 7) is 16.0. The monoisotopic (exact) mass is 474 g/mol. The molecule has 0 spiro atoms. The molecule has 2 unspecified atom stereocenters. The van der Waals surface area contributed by atoms with Crippen LogP contribution in [0.25, 0.3) is 0 Å². The van der Waals surface area contributed by atoms with E-state index in [1.54, 1.807) is 0 Å². The average Bonchev–Trinajstić information content (AvgIpc) is 2.60. The van der Waals surface area contributed by atoms with Gasteiger partial charge in [-0.05, 0) is 45.3 Å². The number of unbranched alkanes of at least 4 members (excludes halogenated alkanes) is 2. The minimum atomic E-state index is -0.699. The number of hydrogen-bond donors (Lipinski definition) is 0. The van der Waals surface area contributed by atoms with E-state index in [1.807, 2.05) is 41.2 Å². The molecule has 0 bridgehead atoms. The second-order valence-electron chi connectivity index (χ2n) is 7.37. The minimum Gasteiger partial charge on any atom is -0.382 e. The molecule has 0 N–H and O–H groups in total. The largest absolute Gasteiger partial charge is 0.382 e. The fraction of sp³-hybridized carbons (Fsp3) is 1.00. The van der Waals surface area contributed by atoms with E-state index in [1.165, 1.54) is 50.0 Å². The molecule has 2 atom stereocenters. The lowest BCUT2D eigenvalue weighted by Crippen LogP contribution is -2.29. The summed E-state index contributed by atoms with van der Waals surface area (Å²) >= 11 is 0. The van der Waals surface area contributed by atoms with Crippen LogP contribution in [-0.4, -0.2) is 53.8 Å². The normalized spacial score (nSPS) is 14.3. The molecule has 0 aromatic heterocycles. The summed E-state index contributed by atoms with van der Waals surface area (Å²) in [5.41, 5.74) is 1.12. The molecule has 2 nitrogen and oxygen atoms in total. The molecule has 0 rings (SSSR count). The summed E-state index contributed by atoms with van der Waals surface area (Å²) in [6.07, 6.45) is 7.32. The molecule has 0 fully saturated rings. The highest BCUT2D eigenvalue weighted by atomic mass is 33.7. The molecule has 0 amide bonds. The lowest BCUT2D eigenvalue weighted by molar-refractivity contribution is 0.0982. The Balaban J connectivity index is 3.66. The molecule has 0 aliphatic heterocycles. The van der Waals surface area contributed by atoms with E-state index in [4.69, 9.17) is 9.47 Å². The summed E-state index contributed by atoms with van der Waals surface area (Å²) in [5, 5.41) is 0. The van der Waals surface area contributed by atoms with Gasteiger partial charge in [-0.1, -0.05) is 74.5 Å². The van der Waals surface area contributed by atoms with Crippen molar-refractivity contribution in [1.29, 1.82) is 0 Å². The molecule has 0 radical (unpaired) electrons. The fourth-order valence-electron chi connectivity index (χ4n) is 2.41. The topological polar surface area (TPSA) is 18.5 Å². The molecule has 0 aromatic rings. The molecule has 0 aliphatic carbocycles. The Morgan fingerprint density at radius 3 is 1.38 bits per heavy atom. The quantitative estimate of drug-likeness (QED) is 0.115. The summed E-state index contributed by atoms with van der Waals surface area (Å²) in [5.74, 6) is 2.42. The van der Waals surface area contributed by atoms with Crippen molar-refractivity contribution in [1.82, 2.24) is 0 Å². The van der Waals surface area contributed by atoms with Gasteiger partial charge in [0.25, 0.3) is 0 Å². The third-order valence-corrected chi connectivity index (χ3v) is 14.8. The van der Waals surface area contributed by atoms with E-state index in [0.29, 0.717) is 11.5 Å². The Labute approximate surface area is 182 Å². The van der Waals surface area contributed by atoms with Crippen LogP contribution in [0.5, 0.6) is 0 Å². The average molecular weight is 475 g/mol. The third-order valence-electron chi connectivity index (χ3n) is 4.24. The van der Waals surface area contributed by atoms with Crippen LogP contribution in [0.1, 0.15) is 52.4 Å². The first-order valence-electron chi connectivity index (χ1n) is 10.3. The van der Waals surface area contributed by atoms with E-state index in [0.717, 1.165) is 13.2 Å². The summed E-state index contributed by atoms with van der Waals surface area (Å²) in [7, 11) is 6.49. The molecular weight excluding hydrogens is 433 g/mol. The van der Waals surface area contributed by atoms with Crippen molar-refractivity contribution in [3.63, 3.8) is 0 Å². The van der Waals surface area contributed by atoms with Gasteiger partial charge < -0.3 is 9.47 Å². The molecule has 0 aliphatic rings. The zero-order valence-corrected chi connectivity index (χ0v) is 23.4. The fourth-order valence-corrected chi connectivity index (χ4v) is 11.8. The predicted octanol–water partition coefficient (Wildman–Crippen LogP) is 6.87. The number of hydrogen-bond acceptors (Lipinski definition) is 6. The molecule has 0 aromatic carbocycles. The molecule has 8 heteroatoms. The van der Waals surface area contributed by atoms with Crippen LogP contribution in [0.4, 0.5) is 0 Å². The van der Waals surface area contributed by atoms with Crippen molar-refractivity contribution in [2.75, 3.05) is 24.7 Å². The summed E-state index contributed by atoms with van der Waals surface area (Å²) in [6, 6.07) is 0. The van der Waals surface area contributed by atoms with Gasteiger partial charge in [-0.2, -0.15) is 0 Å². The molecule has 26 heavy (non-hydrogen) atoms. The molecule has 0 heterocycles. The van der Waals surface area contributed by atoms with Gasteiger partial charge >= 0.3 is 0 Å². The highest BCUT2D eigenvalue weighted by Crippen LogP contribution is 2.43. The van der Waals surface area contributed by atoms with Crippen LogP contribution in [0.3, 0.4) is 0 Å². The maximum atomic E-state index is 6.10. The van der Waals surface area contributed by atoms with E-state index in [2.05, 4.69) is 40.0 Å². The zero-order valence-electron chi connectivity index (χ0n) is 17.8. The van der Waals surface area contributed by atoms with Gasteiger partial charge in [0.05, 0.1) is 17.6 Å². The van der Waals surface area contributed by atoms with Gasteiger partial charge in [0.15, 0.2) is 0 Å². The lowest BCUT2D eigenvalue weighted by Gasteiger charge is -2.20. The van der Waals surface area contributed by atoms with Gasteiger partial charge in [-0.25, -0.2) is 0 Å². The lowest BCUT2D eigenvalue weighted by atomic mass is 10.4. The molecule has 0 saturated heterocycles. The Kier molecular flexibility index (Phi) is 21.4. The molecular formula is C18H42O2S4Si2. The van der Waals surface area contributed by atoms with E-state index in [9.17, 15) is 0 Å². The smallest absolute Gasteiger partial charge is 0.0656 e. The van der Waals surface area contributed by atoms with Crippen LogP contribution >= 0.6 is 41.2 Å².